The number of anilines is 1. The highest BCUT2D eigenvalue weighted by molar-refractivity contribution is 9.10. The SMILES string of the molecule is Cc1ccc(NC(C)(C)c2nnnn2-c2c(C)cccc2C)c(Br)c1. The molecular formula is C19H22BrN5. The second-order valence-corrected chi connectivity index (χ2v) is 7.74. The van der Waals surface area contributed by atoms with Crippen molar-refractivity contribution in [2.45, 2.75) is 40.2 Å². The first-order valence-corrected chi connectivity index (χ1v) is 8.98. The molecule has 0 saturated heterocycles. The molecular weight excluding hydrogens is 378 g/mol. The molecule has 1 N–H and O–H groups in total. The summed E-state index contributed by atoms with van der Waals surface area (Å²) in [7, 11) is 0. The van der Waals surface area contributed by atoms with Crippen LogP contribution in [0.3, 0.4) is 0 Å². The number of hydrogen-bond donors (Lipinski definition) is 1. The van der Waals surface area contributed by atoms with Crippen molar-refractivity contribution in [3.63, 3.8) is 0 Å². The zero-order chi connectivity index (χ0) is 18.2. The summed E-state index contributed by atoms with van der Waals surface area (Å²) in [5.41, 5.74) is 5.06. The number of hydrogen-bond acceptors (Lipinski definition) is 4. The smallest absolute Gasteiger partial charge is 0.181 e. The van der Waals surface area contributed by atoms with Gasteiger partial charge in [0.1, 0.15) is 0 Å². The zero-order valence-electron chi connectivity index (χ0n) is 15.1. The fraction of sp³-hybridized carbons (Fsp3) is 0.316. The van der Waals surface area contributed by atoms with Gasteiger partial charge in [-0.05, 0) is 89.8 Å². The molecule has 0 unspecified atom stereocenters. The molecule has 5 nitrogen and oxygen atoms in total. The topological polar surface area (TPSA) is 55.6 Å². The molecule has 0 aliphatic rings. The number of nitrogens with zero attached hydrogens (tertiary/aromatic N) is 4. The van der Waals surface area contributed by atoms with Crippen LogP contribution in [0.5, 0.6) is 0 Å². The van der Waals surface area contributed by atoms with Crippen molar-refractivity contribution in [1.82, 2.24) is 20.2 Å². The van der Waals surface area contributed by atoms with Gasteiger partial charge in [-0.3, -0.25) is 0 Å². The van der Waals surface area contributed by atoms with E-state index in [1.54, 1.807) is 0 Å². The molecule has 0 saturated carbocycles. The van der Waals surface area contributed by atoms with Crippen LogP contribution in [0.2, 0.25) is 0 Å². The van der Waals surface area contributed by atoms with E-state index in [-0.39, 0.29) is 0 Å². The van der Waals surface area contributed by atoms with Crippen molar-refractivity contribution >= 4 is 21.6 Å². The van der Waals surface area contributed by atoms with Gasteiger partial charge < -0.3 is 5.32 Å². The minimum atomic E-state index is -0.462. The third-order valence-corrected chi connectivity index (χ3v) is 4.91. The number of para-hydroxylation sites is 1. The molecule has 1 aromatic heterocycles. The molecule has 0 radical (unpaired) electrons. The molecule has 2 aromatic carbocycles. The Hall–Kier alpha value is -2.21. The highest BCUT2D eigenvalue weighted by Gasteiger charge is 2.29. The lowest BCUT2D eigenvalue weighted by atomic mass is 10.0. The van der Waals surface area contributed by atoms with Crippen LogP contribution in [0.25, 0.3) is 5.69 Å². The molecule has 1 heterocycles. The fourth-order valence-corrected chi connectivity index (χ4v) is 3.57. The molecule has 0 aliphatic carbocycles. The zero-order valence-corrected chi connectivity index (χ0v) is 16.7. The van der Waals surface area contributed by atoms with Gasteiger partial charge in [0.15, 0.2) is 5.82 Å². The summed E-state index contributed by atoms with van der Waals surface area (Å²) in [4.78, 5) is 0. The highest BCUT2D eigenvalue weighted by atomic mass is 79.9. The second-order valence-electron chi connectivity index (χ2n) is 6.89. The van der Waals surface area contributed by atoms with E-state index in [1.807, 2.05) is 10.7 Å². The number of benzene rings is 2. The highest BCUT2D eigenvalue weighted by Crippen LogP contribution is 2.31. The second kappa shape index (κ2) is 6.59. The van der Waals surface area contributed by atoms with Gasteiger partial charge in [0.2, 0.25) is 0 Å². The number of nitrogens with one attached hydrogen (secondary N) is 1. The molecule has 3 rings (SSSR count). The Bertz CT molecular complexity index is 894. The lowest BCUT2D eigenvalue weighted by molar-refractivity contribution is 0.540. The molecule has 0 aliphatic heterocycles. The third-order valence-electron chi connectivity index (χ3n) is 4.25. The van der Waals surface area contributed by atoms with Crippen LogP contribution >= 0.6 is 15.9 Å². The largest absolute Gasteiger partial charge is 0.372 e. The van der Waals surface area contributed by atoms with E-state index in [2.05, 4.69) is 102 Å². The first-order chi connectivity index (χ1) is 11.8. The van der Waals surface area contributed by atoms with Gasteiger partial charge in [-0.15, -0.1) is 5.10 Å². The molecule has 3 aromatic rings. The van der Waals surface area contributed by atoms with Crippen LogP contribution in [0.15, 0.2) is 40.9 Å². The number of rotatable bonds is 4. The van der Waals surface area contributed by atoms with Crippen LogP contribution in [-0.4, -0.2) is 20.2 Å². The van der Waals surface area contributed by atoms with E-state index in [0.29, 0.717) is 0 Å². The lowest BCUT2D eigenvalue weighted by Crippen LogP contribution is -2.32. The van der Waals surface area contributed by atoms with E-state index in [4.69, 9.17) is 0 Å². The molecule has 0 amide bonds. The quantitative estimate of drug-likeness (QED) is 0.690. The van der Waals surface area contributed by atoms with Gasteiger partial charge in [-0.25, -0.2) is 0 Å². The average molecular weight is 400 g/mol. The Balaban J connectivity index is 2.03. The van der Waals surface area contributed by atoms with Crippen LogP contribution in [0, 0.1) is 20.8 Å². The van der Waals surface area contributed by atoms with Gasteiger partial charge in [0, 0.05) is 10.2 Å². The van der Waals surface area contributed by atoms with Crippen LogP contribution in [-0.2, 0) is 5.54 Å². The Kier molecular flexibility index (Phi) is 4.64. The number of aromatic nitrogens is 4. The fourth-order valence-electron chi connectivity index (χ4n) is 2.98. The van der Waals surface area contributed by atoms with Crippen molar-refractivity contribution in [3.8, 4) is 5.69 Å². The average Bonchev–Trinajstić information content (AvgIpc) is 3.00. The van der Waals surface area contributed by atoms with Gasteiger partial charge in [-0.2, -0.15) is 4.68 Å². The lowest BCUT2D eigenvalue weighted by Gasteiger charge is -2.27. The normalized spacial score (nSPS) is 11.6. The Morgan fingerprint density at radius 3 is 2.36 bits per heavy atom. The maximum absolute atomic E-state index is 4.31. The Morgan fingerprint density at radius 1 is 1.04 bits per heavy atom. The van der Waals surface area contributed by atoms with Crippen molar-refractivity contribution < 1.29 is 0 Å². The van der Waals surface area contributed by atoms with Crippen LogP contribution in [0.4, 0.5) is 5.69 Å². The summed E-state index contributed by atoms with van der Waals surface area (Å²) in [6.07, 6.45) is 0. The summed E-state index contributed by atoms with van der Waals surface area (Å²) in [5, 5.41) is 16.1. The predicted molar refractivity (Wildman–Crippen MR) is 104 cm³/mol. The summed E-state index contributed by atoms with van der Waals surface area (Å²) >= 11 is 3.63. The summed E-state index contributed by atoms with van der Waals surface area (Å²) in [6.45, 7) is 10.4. The monoisotopic (exact) mass is 399 g/mol. The number of tetrazole rings is 1. The van der Waals surface area contributed by atoms with Crippen LogP contribution < -0.4 is 5.32 Å². The van der Waals surface area contributed by atoms with Crippen molar-refractivity contribution in [3.05, 3.63) is 63.4 Å². The summed E-state index contributed by atoms with van der Waals surface area (Å²) < 4.78 is 2.85. The molecule has 0 atom stereocenters. The molecule has 0 bridgehead atoms. The number of halogens is 1. The van der Waals surface area contributed by atoms with Gasteiger partial charge in [0.25, 0.3) is 0 Å². The minimum Gasteiger partial charge on any atom is -0.372 e. The molecule has 6 heteroatoms. The van der Waals surface area contributed by atoms with Gasteiger partial charge in [0.05, 0.1) is 11.2 Å². The molecule has 25 heavy (non-hydrogen) atoms. The van der Waals surface area contributed by atoms with Crippen molar-refractivity contribution in [2.75, 3.05) is 5.32 Å². The van der Waals surface area contributed by atoms with E-state index >= 15 is 0 Å². The van der Waals surface area contributed by atoms with E-state index in [1.165, 1.54) is 5.56 Å². The maximum atomic E-state index is 4.31. The first-order valence-electron chi connectivity index (χ1n) is 8.19. The minimum absolute atomic E-state index is 0.462. The first kappa shape index (κ1) is 17.6. The molecule has 130 valence electrons. The Labute approximate surface area is 156 Å². The number of aryl methyl sites for hydroxylation is 3. The summed E-state index contributed by atoms with van der Waals surface area (Å²) in [5.74, 6) is 0.761. The predicted octanol–water partition coefficient (Wildman–Crippen LogP) is 4.70. The molecule has 0 fully saturated rings. The van der Waals surface area contributed by atoms with E-state index in [0.717, 1.165) is 32.8 Å². The third kappa shape index (κ3) is 3.44. The Morgan fingerprint density at radius 2 is 1.72 bits per heavy atom. The van der Waals surface area contributed by atoms with Gasteiger partial charge in [-0.1, -0.05) is 24.3 Å². The molecule has 0 spiro atoms. The van der Waals surface area contributed by atoms with E-state index in [9.17, 15) is 0 Å². The van der Waals surface area contributed by atoms with Crippen molar-refractivity contribution in [1.29, 1.82) is 0 Å². The van der Waals surface area contributed by atoms with Crippen LogP contribution in [0.1, 0.15) is 36.4 Å². The standard InChI is InChI=1S/C19H22BrN5/c1-12-9-10-16(15(20)11-12)21-19(4,5)18-22-23-24-25(18)17-13(2)7-6-8-14(17)3/h6-11,21H,1-5H3. The van der Waals surface area contributed by atoms with Crippen molar-refractivity contribution in [2.24, 2.45) is 0 Å². The maximum Gasteiger partial charge on any atom is 0.181 e. The van der Waals surface area contributed by atoms with Gasteiger partial charge >= 0.3 is 0 Å². The summed E-state index contributed by atoms with van der Waals surface area (Å²) in [6, 6.07) is 12.4. The van der Waals surface area contributed by atoms with E-state index < -0.39 is 5.54 Å².